The standard InChI is InChI=1S/C23H19ClN4O3/c24-15-10-17-22(28-23(26-17)31-19-12-30-18-8-9-29-21(18)19)27-20(15)14-6-7-16(25-11-14)13-4-2-1-3-5-13/h1-7,10-11,18-19,21H,8-9,12H2,(H,26,27,28)/t18-,19?,21+/m1/s1. The molecule has 5 heterocycles. The smallest absolute Gasteiger partial charge is 0.296 e. The first-order valence-corrected chi connectivity index (χ1v) is 10.6. The molecule has 0 spiro atoms. The zero-order valence-corrected chi connectivity index (χ0v) is 17.2. The van der Waals surface area contributed by atoms with Gasteiger partial charge in [0.25, 0.3) is 6.01 Å². The number of fused-ring (bicyclic) bond motifs is 2. The van der Waals surface area contributed by atoms with Crippen LogP contribution >= 0.6 is 11.6 Å². The van der Waals surface area contributed by atoms with E-state index in [4.69, 9.17) is 25.8 Å². The molecule has 0 bridgehead atoms. The number of rotatable bonds is 4. The maximum Gasteiger partial charge on any atom is 0.296 e. The molecule has 31 heavy (non-hydrogen) atoms. The summed E-state index contributed by atoms with van der Waals surface area (Å²) in [6.45, 7) is 1.19. The summed E-state index contributed by atoms with van der Waals surface area (Å²) >= 11 is 6.53. The molecule has 6 rings (SSSR count). The Morgan fingerprint density at radius 2 is 1.94 bits per heavy atom. The normalized spacial score (nSPS) is 22.7. The molecule has 3 aromatic heterocycles. The Balaban J connectivity index is 1.28. The minimum absolute atomic E-state index is 0.0467. The zero-order chi connectivity index (χ0) is 20.8. The minimum Gasteiger partial charge on any atom is -0.456 e. The first kappa shape index (κ1) is 18.7. The van der Waals surface area contributed by atoms with Gasteiger partial charge in [-0.15, -0.1) is 0 Å². The van der Waals surface area contributed by atoms with Crippen molar-refractivity contribution in [1.29, 1.82) is 0 Å². The second-order valence-electron chi connectivity index (χ2n) is 7.68. The number of hydrogen-bond donors (Lipinski definition) is 1. The molecule has 3 atom stereocenters. The van der Waals surface area contributed by atoms with Gasteiger partial charge in [-0.3, -0.25) is 4.98 Å². The first-order valence-electron chi connectivity index (χ1n) is 10.2. The van der Waals surface area contributed by atoms with Crippen LogP contribution in [0.15, 0.2) is 54.7 Å². The Bertz CT molecular complexity index is 1230. The van der Waals surface area contributed by atoms with E-state index in [1.54, 1.807) is 6.20 Å². The predicted octanol–water partition coefficient (Wildman–Crippen LogP) is 4.28. The number of nitrogens with one attached hydrogen (secondary N) is 1. The van der Waals surface area contributed by atoms with Gasteiger partial charge in [-0.1, -0.05) is 41.9 Å². The van der Waals surface area contributed by atoms with Gasteiger partial charge in [0.05, 0.1) is 34.6 Å². The van der Waals surface area contributed by atoms with Crippen LogP contribution in [0, 0.1) is 0 Å². The van der Waals surface area contributed by atoms with Gasteiger partial charge in [0, 0.05) is 23.9 Å². The highest BCUT2D eigenvalue weighted by Gasteiger charge is 2.43. The summed E-state index contributed by atoms with van der Waals surface area (Å²) < 4.78 is 17.5. The SMILES string of the molecule is Clc1cc2[nH]c(OC3CO[C@@H]4CCO[C@H]34)nc2nc1-c1ccc(-c2ccccc2)nc1. The number of aromatic amines is 1. The van der Waals surface area contributed by atoms with Crippen molar-refractivity contribution in [2.45, 2.75) is 24.7 Å². The molecule has 0 radical (unpaired) electrons. The second-order valence-corrected chi connectivity index (χ2v) is 8.09. The second kappa shape index (κ2) is 7.60. The Hall–Kier alpha value is -3.00. The van der Waals surface area contributed by atoms with Crippen LogP contribution in [0.5, 0.6) is 6.01 Å². The molecule has 8 heteroatoms. The molecule has 1 N–H and O–H groups in total. The summed E-state index contributed by atoms with van der Waals surface area (Å²) in [6.07, 6.45) is 2.56. The lowest BCUT2D eigenvalue weighted by atomic mass is 10.1. The van der Waals surface area contributed by atoms with Gasteiger partial charge in [0.2, 0.25) is 0 Å². The Labute approximate surface area is 183 Å². The average molecular weight is 435 g/mol. The van der Waals surface area contributed by atoms with E-state index < -0.39 is 0 Å². The third-order valence-electron chi connectivity index (χ3n) is 5.69. The van der Waals surface area contributed by atoms with E-state index in [-0.39, 0.29) is 18.3 Å². The lowest BCUT2D eigenvalue weighted by molar-refractivity contribution is 0.0273. The van der Waals surface area contributed by atoms with E-state index in [2.05, 4.69) is 19.9 Å². The van der Waals surface area contributed by atoms with Crippen LogP contribution in [0.1, 0.15) is 6.42 Å². The molecule has 2 fully saturated rings. The molecule has 1 unspecified atom stereocenters. The Morgan fingerprint density at radius 3 is 2.77 bits per heavy atom. The number of ether oxygens (including phenoxy) is 3. The lowest BCUT2D eigenvalue weighted by Crippen LogP contribution is -2.32. The van der Waals surface area contributed by atoms with Gasteiger partial charge in [-0.2, -0.15) is 4.98 Å². The largest absolute Gasteiger partial charge is 0.456 e. The van der Waals surface area contributed by atoms with Gasteiger partial charge < -0.3 is 19.2 Å². The van der Waals surface area contributed by atoms with Crippen LogP contribution in [0.4, 0.5) is 0 Å². The van der Waals surface area contributed by atoms with Crippen LogP contribution in [0.3, 0.4) is 0 Å². The van der Waals surface area contributed by atoms with Crippen molar-refractivity contribution >= 4 is 22.8 Å². The number of nitrogens with zero attached hydrogens (tertiary/aromatic N) is 3. The zero-order valence-electron chi connectivity index (χ0n) is 16.5. The van der Waals surface area contributed by atoms with Gasteiger partial charge in [-0.25, -0.2) is 4.98 Å². The maximum absolute atomic E-state index is 6.53. The average Bonchev–Trinajstić information content (AvgIpc) is 3.51. The summed E-state index contributed by atoms with van der Waals surface area (Å²) in [6, 6.07) is 16.1. The highest BCUT2D eigenvalue weighted by atomic mass is 35.5. The van der Waals surface area contributed by atoms with Crippen molar-refractivity contribution in [2.24, 2.45) is 0 Å². The van der Waals surface area contributed by atoms with Crippen molar-refractivity contribution < 1.29 is 14.2 Å². The summed E-state index contributed by atoms with van der Waals surface area (Å²) in [5, 5.41) is 0.514. The summed E-state index contributed by atoms with van der Waals surface area (Å²) in [5.41, 5.74) is 4.64. The number of hydrogen-bond acceptors (Lipinski definition) is 6. The van der Waals surface area contributed by atoms with Crippen LogP contribution in [0.25, 0.3) is 33.7 Å². The van der Waals surface area contributed by atoms with E-state index >= 15 is 0 Å². The Morgan fingerprint density at radius 1 is 1.03 bits per heavy atom. The molecular formula is C23H19ClN4O3. The molecule has 2 aliphatic heterocycles. The maximum atomic E-state index is 6.53. The van der Waals surface area contributed by atoms with Gasteiger partial charge in [0.15, 0.2) is 11.8 Å². The molecule has 0 aliphatic carbocycles. The molecule has 0 amide bonds. The molecule has 156 valence electrons. The van der Waals surface area contributed by atoms with Gasteiger partial charge in [0.1, 0.15) is 6.10 Å². The molecule has 7 nitrogen and oxygen atoms in total. The fraction of sp³-hybridized carbons (Fsp3) is 0.261. The summed E-state index contributed by atoms with van der Waals surface area (Å²) in [4.78, 5) is 16.9. The van der Waals surface area contributed by atoms with E-state index in [0.717, 1.165) is 23.2 Å². The number of imidazole rings is 1. The molecule has 2 saturated heterocycles. The molecule has 1 aromatic carbocycles. The van der Waals surface area contributed by atoms with Crippen LogP contribution in [0.2, 0.25) is 5.02 Å². The quantitative estimate of drug-likeness (QED) is 0.516. The molecule has 0 saturated carbocycles. The van der Waals surface area contributed by atoms with Crippen molar-refractivity contribution in [3.8, 4) is 28.5 Å². The number of halogens is 1. The van der Waals surface area contributed by atoms with E-state index in [9.17, 15) is 0 Å². The molecular weight excluding hydrogens is 416 g/mol. The van der Waals surface area contributed by atoms with Crippen LogP contribution < -0.4 is 4.74 Å². The van der Waals surface area contributed by atoms with Crippen molar-refractivity contribution in [2.75, 3.05) is 13.2 Å². The highest BCUT2D eigenvalue weighted by Crippen LogP contribution is 2.32. The molecule has 2 aliphatic rings. The fourth-order valence-electron chi connectivity index (χ4n) is 4.14. The van der Waals surface area contributed by atoms with Crippen LogP contribution in [-0.2, 0) is 9.47 Å². The number of benzene rings is 1. The number of aromatic nitrogens is 4. The first-order chi connectivity index (χ1) is 15.2. The summed E-state index contributed by atoms with van der Waals surface area (Å²) in [7, 11) is 0. The lowest BCUT2D eigenvalue weighted by Gasteiger charge is -2.15. The van der Waals surface area contributed by atoms with Gasteiger partial charge >= 0.3 is 0 Å². The monoisotopic (exact) mass is 434 g/mol. The van der Waals surface area contributed by atoms with E-state index in [1.807, 2.05) is 48.5 Å². The third-order valence-corrected chi connectivity index (χ3v) is 5.98. The van der Waals surface area contributed by atoms with E-state index in [1.165, 1.54) is 0 Å². The summed E-state index contributed by atoms with van der Waals surface area (Å²) in [5.74, 6) is 0. The molecule has 4 aromatic rings. The predicted molar refractivity (Wildman–Crippen MR) is 116 cm³/mol. The van der Waals surface area contributed by atoms with Crippen molar-refractivity contribution in [3.05, 3.63) is 59.8 Å². The van der Waals surface area contributed by atoms with Crippen molar-refractivity contribution in [3.63, 3.8) is 0 Å². The topological polar surface area (TPSA) is 82.2 Å². The Kier molecular flexibility index (Phi) is 4.60. The van der Waals surface area contributed by atoms with Crippen molar-refractivity contribution in [1.82, 2.24) is 19.9 Å². The third kappa shape index (κ3) is 3.44. The van der Waals surface area contributed by atoms with Crippen LogP contribution in [-0.4, -0.2) is 51.5 Å². The fourth-order valence-corrected chi connectivity index (χ4v) is 4.40. The minimum atomic E-state index is -0.183. The number of pyridine rings is 2. The number of H-pyrrole nitrogens is 1. The van der Waals surface area contributed by atoms with E-state index in [0.29, 0.717) is 41.1 Å². The van der Waals surface area contributed by atoms with Gasteiger partial charge in [-0.05, 0) is 24.6 Å². The highest BCUT2D eigenvalue weighted by molar-refractivity contribution is 6.33.